The Hall–Kier alpha value is -2.63. The highest BCUT2D eigenvalue weighted by molar-refractivity contribution is 5.74. The Balaban J connectivity index is 1.64. The van der Waals surface area contributed by atoms with Crippen LogP contribution in [0.5, 0.6) is 5.75 Å². The fourth-order valence-corrected chi connectivity index (χ4v) is 3.12. The highest BCUT2D eigenvalue weighted by Crippen LogP contribution is 2.26. The zero-order valence-electron chi connectivity index (χ0n) is 15.9. The molecule has 0 bridgehead atoms. The Morgan fingerprint density at radius 3 is 2.96 bits per heavy atom. The van der Waals surface area contributed by atoms with Gasteiger partial charge in [0.1, 0.15) is 12.4 Å². The van der Waals surface area contributed by atoms with E-state index in [0.29, 0.717) is 12.4 Å². The summed E-state index contributed by atoms with van der Waals surface area (Å²) in [4.78, 5) is 17.5. The molecule has 0 aliphatic carbocycles. The number of amides is 1. The molecule has 1 amide bonds. The number of carbonyl (C=O) groups is 1. The molecule has 1 N–H and O–H groups in total. The van der Waals surface area contributed by atoms with Gasteiger partial charge in [0.05, 0.1) is 24.1 Å². The first-order valence-electron chi connectivity index (χ1n) is 9.35. The second-order valence-corrected chi connectivity index (χ2v) is 6.86. The Labute approximate surface area is 159 Å². The lowest BCUT2D eigenvalue weighted by Gasteiger charge is -2.40. The minimum atomic E-state index is 0.0883. The molecule has 0 radical (unpaired) electrons. The number of aromatic nitrogens is 1. The van der Waals surface area contributed by atoms with Crippen LogP contribution < -0.4 is 9.75 Å². The summed E-state index contributed by atoms with van der Waals surface area (Å²) in [7, 11) is 0. The van der Waals surface area contributed by atoms with Crippen molar-refractivity contribution < 1.29 is 14.6 Å². The Bertz CT molecular complexity index is 783. The fraction of sp³-hybridized carbons (Fsp3) is 0.500. The van der Waals surface area contributed by atoms with Gasteiger partial charge in [-0.3, -0.25) is 9.78 Å². The van der Waals surface area contributed by atoms with Crippen molar-refractivity contribution >= 4 is 17.5 Å². The molecule has 1 saturated heterocycles. The second-order valence-electron chi connectivity index (χ2n) is 6.86. The largest absolute Gasteiger partial charge is 0.490 e. The lowest BCUT2D eigenvalue weighted by molar-refractivity contribution is -0.137. The second kappa shape index (κ2) is 8.84. The van der Waals surface area contributed by atoms with Crippen LogP contribution in [0.3, 0.4) is 0 Å². The molecule has 1 fully saturated rings. The van der Waals surface area contributed by atoms with E-state index in [1.807, 2.05) is 24.1 Å². The fourth-order valence-electron chi connectivity index (χ4n) is 3.12. The Morgan fingerprint density at radius 1 is 1.41 bits per heavy atom. The van der Waals surface area contributed by atoms with Gasteiger partial charge in [-0.15, -0.1) is 5.10 Å². The van der Waals surface area contributed by atoms with Crippen LogP contribution in [-0.2, 0) is 4.79 Å². The van der Waals surface area contributed by atoms with Gasteiger partial charge < -0.3 is 14.7 Å². The smallest absolute Gasteiger partial charge is 0.219 e. The first-order chi connectivity index (χ1) is 13.1. The van der Waals surface area contributed by atoms with E-state index in [0.717, 1.165) is 49.1 Å². The molecule has 27 heavy (non-hydrogen) atoms. The highest BCUT2D eigenvalue weighted by Gasteiger charge is 2.30. The third-order valence-electron chi connectivity index (χ3n) is 4.89. The molecule has 0 saturated carbocycles. The maximum Gasteiger partial charge on any atom is 0.219 e. The quantitative estimate of drug-likeness (QED) is 0.711. The van der Waals surface area contributed by atoms with Crippen molar-refractivity contribution in [2.75, 3.05) is 24.8 Å². The molecule has 144 valence electrons. The summed E-state index contributed by atoms with van der Waals surface area (Å²) in [5.41, 5.74) is 2.96. The van der Waals surface area contributed by atoms with Crippen molar-refractivity contribution in [1.29, 1.82) is 0 Å². The summed E-state index contributed by atoms with van der Waals surface area (Å²) in [6.45, 7) is 5.06. The first kappa shape index (κ1) is 19.1. The van der Waals surface area contributed by atoms with Crippen molar-refractivity contribution in [3.05, 3.63) is 35.8 Å². The average molecular weight is 370 g/mol. The molecule has 7 nitrogen and oxygen atoms in total. The standard InChI is InChI=1S/C20H26N4O3/c1-15-10-22-24(13-17(15)5-3-4-8-25)19-9-20(12-21-11-19)27-14-18-6-7-23(18)16(2)26/h9,11-13,18,25H,3-8,14H2,1-2H3/t18-/m0/s1. The van der Waals surface area contributed by atoms with Gasteiger partial charge in [0.15, 0.2) is 0 Å². The number of aliphatic hydroxyl groups excluding tert-OH is 1. The average Bonchev–Trinajstić information content (AvgIpc) is 2.62. The van der Waals surface area contributed by atoms with Crippen LogP contribution in [-0.4, -0.2) is 52.6 Å². The van der Waals surface area contributed by atoms with Gasteiger partial charge in [-0.2, -0.15) is 0 Å². The predicted molar refractivity (Wildman–Crippen MR) is 104 cm³/mol. The zero-order valence-corrected chi connectivity index (χ0v) is 15.9. The lowest BCUT2D eigenvalue weighted by Crippen LogP contribution is -2.53. The van der Waals surface area contributed by atoms with Gasteiger partial charge in [-0.1, -0.05) is 0 Å². The summed E-state index contributed by atoms with van der Waals surface area (Å²) < 4.78 is 5.85. The number of ether oxygens (including phenoxy) is 1. The van der Waals surface area contributed by atoms with E-state index in [9.17, 15) is 4.79 Å². The summed E-state index contributed by atoms with van der Waals surface area (Å²) in [6, 6.07) is 2.03. The van der Waals surface area contributed by atoms with Crippen LogP contribution in [0.25, 0.3) is 0 Å². The monoisotopic (exact) mass is 370 g/mol. The number of rotatable bonds is 8. The number of carbonyl (C=O) groups excluding carboxylic acids is 1. The van der Waals surface area contributed by atoms with Gasteiger partial charge in [0.25, 0.3) is 0 Å². The molecule has 1 aromatic rings. The SMILES string of the molecule is CC(=O)N1CC[C@H]1COc1cncc(N2C=C(CCCCO)C(C)=C=N2)c1. The number of aliphatic hydroxyl groups is 1. The molecule has 0 aromatic carbocycles. The minimum absolute atomic E-state index is 0.0883. The molecule has 1 aromatic heterocycles. The maximum atomic E-state index is 11.5. The van der Waals surface area contributed by atoms with E-state index >= 15 is 0 Å². The molecule has 2 aliphatic rings. The third-order valence-corrected chi connectivity index (χ3v) is 4.89. The van der Waals surface area contributed by atoms with E-state index in [2.05, 4.69) is 16.0 Å². The number of unbranched alkanes of at least 4 members (excludes halogenated alkanes) is 1. The van der Waals surface area contributed by atoms with Crippen LogP contribution in [0.2, 0.25) is 0 Å². The van der Waals surface area contributed by atoms with Crippen LogP contribution in [0.4, 0.5) is 5.69 Å². The molecule has 2 aliphatic heterocycles. The van der Waals surface area contributed by atoms with E-state index in [4.69, 9.17) is 9.84 Å². The van der Waals surface area contributed by atoms with Gasteiger partial charge in [-0.05, 0) is 38.2 Å². The van der Waals surface area contributed by atoms with E-state index in [-0.39, 0.29) is 18.6 Å². The minimum Gasteiger partial charge on any atom is -0.490 e. The van der Waals surface area contributed by atoms with Gasteiger partial charge >= 0.3 is 0 Å². The predicted octanol–water partition coefficient (Wildman–Crippen LogP) is 2.48. The van der Waals surface area contributed by atoms with Crippen molar-refractivity contribution in [1.82, 2.24) is 9.88 Å². The van der Waals surface area contributed by atoms with Crippen LogP contribution >= 0.6 is 0 Å². The first-order valence-corrected chi connectivity index (χ1v) is 9.35. The number of hydrazone groups is 1. The Kier molecular flexibility index (Phi) is 6.27. The van der Waals surface area contributed by atoms with Crippen molar-refractivity contribution in [3.8, 4) is 5.75 Å². The normalized spacial score (nSPS) is 18.7. The van der Waals surface area contributed by atoms with Crippen LogP contribution in [0, 0.1) is 0 Å². The number of allylic oxidation sites excluding steroid dienone is 2. The number of nitrogens with zero attached hydrogens (tertiary/aromatic N) is 4. The number of likely N-dealkylation sites (tertiary alicyclic amines) is 1. The van der Waals surface area contributed by atoms with E-state index < -0.39 is 0 Å². The summed E-state index contributed by atoms with van der Waals surface area (Å²) in [5, 5.41) is 15.0. The number of anilines is 1. The van der Waals surface area contributed by atoms with Crippen molar-refractivity contribution in [2.45, 2.75) is 45.6 Å². The van der Waals surface area contributed by atoms with Gasteiger partial charge in [0, 0.05) is 43.8 Å². The van der Waals surface area contributed by atoms with Crippen molar-refractivity contribution in [3.63, 3.8) is 0 Å². The summed E-state index contributed by atoms with van der Waals surface area (Å²) >= 11 is 0. The molecule has 3 rings (SSSR count). The molecule has 0 unspecified atom stereocenters. The molecule has 7 heteroatoms. The molecular weight excluding hydrogens is 344 g/mol. The molecular formula is C20H26N4O3. The van der Waals surface area contributed by atoms with E-state index in [1.165, 1.54) is 0 Å². The number of pyridine rings is 1. The summed E-state index contributed by atoms with van der Waals surface area (Å²) in [5.74, 6) is 3.78. The maximum absolute atomic E-state index is 11.5. The topological polar surface area (TPSA) is 78.3 Å². The van der Waals surface area contributed by atoms with Crippen LogP contribution in [0.1, 0.15) is 39.5 Å². The summed E-state index contributed by atoms with van der Waals surface area (Å²) in [6.07, 6.45) is 8.92. The van der Waals surface area contributed by atoms with Gasteiger partial charge in [0.2, 0.25) is 5.91 Å². The van der Waals surface area contributed by atoms with E-state index in [1.54, 1.807) is 24.3 Å². The zero-order chi connectivity index (χ0) is 19.2. The van der Waals surface area contributed by atoms with Gasteiger partial charge in [-0.25, -0.2) is 5.01 Å². The Morgan fingerprint density at radius 2 is 2.26 bits per heavy atom. The van der Waals surface area contributed by atoms with Crippen molar-refractivity contribution in [2.24, 2.45) is 5.10 Å². The highest BCUT2D eigenvalue weighted by atomic mass is 16.5. The van der Waals surface area contributed by atoms with Crippen LogP contribution in [0.15, 0.2) is 40.9 Å². The number of hydrogen-bond acceptors (Lipinski definition) is 6. The number of hydrogen-bond donors (Lipinski definition) is 1. The molecule has 3 heterocycles. The molecule has 0 spiro atoms. The third kappa shape index (κ3) is 4.76. The molecule has 1 atom stereocenters. The lowest BCUT2D eigenvalue weighted by atomic mass is 10.0.